The molecule has 0 aliphatic heterocycles. The van der Waals surface area contributed by atoms with Gasteiger partial charge in [-0.3, -0.25) is 0 Å². The van der Waals surface area contributed by atoms with Crippen molar-refractivity contribution in [2.45, 2.75) is 50.7 Å². The van der Waals surface area contributed by atoms with E-state index in [-0.39, 0.29) is 0 Å². The first-order chi connectivity index (χ1) is 9.16. The van der Waals surface area contributed by atoms with Crippen LogP contribution < -0.4 is 5.73 Å². The van der Waals surface area contributed by atoms with Crippen LogP contribution in [0.1, 0.15) is 50.2 Å². The number of hydrogen-bond acceptors (Lipinski definition) is 3. The number of benzene rings is 1. The van der Waals surface area contributed by atoms with Crippen LogP contribution in [0.3, 0.4) is 0 Å². The molecule has 106 valence electrons. The van der Waals surface area contributed by atoms with E-state index in [1.807, 2.05) is 24.3 Å². The zero-order valence-corrected chi connectivity index (χ0v) is 11.9. The van der Waals surface area contributed by atoms with E-state index in [1.54, 1.807) is 0 Å². The molecule has 0 radical (unpaired) electrons. The van der Waals surface area contributed by atoms with Crippen molar-refractivity contribution in [3.05, 3.63) is 29.8 Å². The van der Waals surface area contributed by atoms with Crippen molar-refractivity contribution in [3.8, 4) is 0 Å². The Morgan fingerprint density at radius 3 is 2.32 bits per heavy atom. The summed E-state index contributed by atoms with van der Waals surface area (Å²) in [6.07, 6.45) is 7.50. The average molecular weight is 262 g/mol. The summed E-state index contributed by atoms with van der Waals surface area (Å²) in [7, 11) is 2.14. The predicted molar refractivity (Wildman–Crippen MR) is 79.9 cm³/mol. The number of aliphatic hydroxyl groups excluding tert-OH is 1. The maximum absolute atomic E-state index is 10.3. The standard InChI is InChI=1S/C16H26N2O/c1-18(15-6-4-2-3-5-7-15)12-16(19)13-8-10-14(17)11-9-13/h8-11,15-16,19H,2-7,12,17H2,1H3. The van der Waals surface area contributed by atoms with Gasteiger partial charge in [-0.05, 0) is 37.6 Å². The average Bonchev–Trinajstić information content (AvgIpc) is 2.68. The molecule has 0 aromatic heterocycles. The Morgan fingerprint density at radius 1 is 1.16 bits per heavy atom. The lowest BCUT2D eigenvalue weighted by Crippen LogP contribution is -2.34. The van der Waals surface area contributed by atoms with Crippen molar-refractivity contribution in [1.29, 1.82) is 0 Å². The van der Waals surface area contributed by atoms with Gasteiger partial charge in [-0.15, -0.1) is 0 Å². The van der Waals surface area contributed by atoms with Crippen molar-refractivity contribution in [3.63, 3.8) is 0 Å². The van der Waals surface area contributed by atoms with Crippen molar-refractivity contribution < 1.29 is 5.11 Å². The van der Waals surface area contributed by atoms with Crippen LogP contribution in [-0.2, 0) is 0 Å². The van der Waals surface area contributed by atoms with Gasteiger partial charge < -0.3 is 15.7 Å². The summed E-state index contributed by atoms with van der Waals surface area (Å²) in [5, 5.41) is 10.3. The lowest BCUT2D eigenvalue weighted by Gasteiger charge is -2.29. The molecule has 0 amide bonds. The van der Waals surface area contributed by atoms with E-state index in [9.17, 15) is 5.11 Å². The molecule has 2 rings (SSSR count). The van der Waals surface area contributed by atoms with Gasteiger partial charge in [0.25, 0.3) is 0 Å². The first-order valence-corrected chi connectivity index (χ1v) is 7.40. The topological polar surface area (TPSA) is 49.5 Å². The van der Waals surface area contributed by atoms with Gasteiger partial charge in [-0.25, -0.2) is 0 Å². The summed E-state index contributed by atoms with van der Waals surface area (Å²) in [4.78, 5) is 2.33. The molecule has 1 saturated carbocycles. The van der Waals surface area contributed by atoms with E-state index in [1.165, 1.54) is 38.5 Å². The van der Waals surface area contributed by atoms with Crippen LogP contribution in [0.5, 0.6) is 0 Å². The number of hydrogen-bond donors (Lipinski definition) is 2. The van der Waals surface area contributed by atoms with Crippen LogP contribution in [0.25, 0.3) is 0 Å². The number of rotatable bonds is 4. The van der Waals surface area contributed by atoms with Crippen LogP contribution in [0, 0.1) is 0 Å². The Morgan fingerprint density at radius 2 is 1.74 bits per heavy atom. The maximum Gasteiger partial charge on any atom is 0.0916 e. The predicted octanol–water partition coefficient (Wildman–Crippen LogP) is 2.96. The highest BCUT2D eigenvalue weighted by Crippen LogP contribution is 2.23. The molecule has 19 heavy (non-hydrogen) atoms. The second kappa shape index (κ2) is 6.92. The Hall–Kier alpha value is -1.06. The third kappa shape index (κ3) is 4.22. The van der Waals surface area contributed by atoms with Gasteiger partial charge in [-0.2, -0.15) is 0 Å². The van der Waals surface area contributed by atoms with Gasteiger partial charge in [0.2, 0.25) is 0 Å². The van der Waals surface area contributed by atoms with Crippen LogP contribution >= 0.6 is 0 Å². The third-order valence-corrected chi connectivity index (χ3v) is 4.23. The van der Waals surface area contributed by atoms with Crippen molar-refractivity contribution in [2.75, 3.05) is 19.3 Å². The number of nitrogen functional groups attached to an aromatic ring is 1. The Bertz CT molecular complexity index is 369. The van der Waals surface area contributed by atoms with E-state index in [0.29, 0.717) is 12.6 Å². The van der Waals surface area contributed by atoms with Crippen molar-refractivity contribution in [1.82, 2.24) is 4.90 Å². The highest BCUT2D eigenvalue weighted by molar-refractivity contribution is 5.39. The summed E-state index contributed by atoms with van der Waals surface area (Å²) in [5.41, 5.74) is 7.37. The van der Waals surface area contributed by atoms with Crippen LogP contribution in [0.15, 0.2) is 24.3 Å². The molecule has 1 unspecified atom stereocenters. The van der Waals surface area contributed by atoms with Gasteiger partial charge in [0.15, 0.2) is 0 Å². The minimum Gasteiger partial charge on any atom is -0.399 e. The zero-order chi connectivity index (χ0) is 13.7. The molecular weight excluding hydrogens is 236 g/mol. The minimum atomic E-state index is -0.422. The van der Waals surface area contributed by atoms with Crippen LogP contribution in [-0.4, -0.2) is 29.6 Å². The Kier molecular flexibility index (Phi) is 5.23. The summed E-state index contributed by atoms with van der Waals surface area (Å²) in [5.74, 6) is 0. The van der Waals surface area contributed by atoms with Gasteiger partial charge in [0.05, 0.1) is 6.10 Å². The number of nitrogens with two attached hydrogens (primary N) is 1. The summed E-state index contributed by atoms with van der Waals surface area (Å²) >= 11 is 0. The second-order valence-electron chi connectivity index (χ2n) is 5.77. The SMILES string of the molecule is CN(CC(O)c1ccc(N)cc1)C1CCCCCC1. The van der Waals surface area contributed by atoms with E-state index in [2.05, 4.69) is 11.9 Å². The molecule has 1 aromatic carbocycles. The molecule has 1 atom stereocenters. The molecule has 3 N–H and O–H groups in total. The molecule has 1 aliphatic rings. The monoisotopic (exact) mass is 262 g/mol. The Balaban J connectivity index is 1.89. The van der Waals surface area contributed by atoms with Gasteiger partial charge in [0, 0.05) is 18.3 Å². The lowest BCUT2D eigenvalue weighted by molar-refractivity contribution is 0.0991. The van der Waals surface area contributed by atoms with Gasteiger partial charge in [0.1, 0.15) is 0 Å². The number of likely N-dealkylation sites (N-methyl/N-ethyl adjacent to an activating group) is 1. The normalized spacial score (nSPS) is 19.3. The highest BCUT2D eigenvalue weighted by atomic mass is 16.3. The molecule has 3 heteroatoms. The van der Waals surface area contributed by atoms with Crippen molar-refractivity contribution >= 4 is 5.69 Å². The largest absolute Gasteiger partial charge is 0.399 e. The summed E-state index contributed by atoms with van der Waals surface area (Å²) in [6.45, 7) is 0.703. The molecule has 0 heterocycles. The van der Waals surface area contributed by atoms with E-state index in [0.717, 1.165) is 11.3 Å². The first-order valence-electron chi connectivity index (χ1n) is 7.40. The maximum atomic E-state index is 10.3. The van der Waals surface area contributed by atoms with Gasteiger partial charge >= 0.3 is 0 Å². The van der Waals surface area contributed by atoms with E-state index in [4.69, 9.17) is 5.73 Å². The molecule has 1 aromatic rings. The highest BCUT2D eigenvalue weighted by Gasteiger charge is 2.19. The lowest BCUT2D eigenvalue weighted by atomic mass is 10.0. The first kappa shape index (κ1) is 14.4. The smallest absolute Gasteiger partial charge is 0.0916 e. The molecule has 0 bridgehead atoms. The van der Waals surface area contributed by atoms with E-state index < -0.39 is 6.10 Å². The van der Waals surface area contributed by atoms with Crippen LogP contribution in [0.4, 0.5) is 5.69 Å². The fraction of sp³-hybridized carbons (Fsp3) is 0.625. The molecule has 1 fully saturated rings. The molecular formula is C16H26N2O. The molecule has 1 aliphatic carbocycles. The van der Waals surface area contributed by atoms with E-state index >= 15 is 0 Å². The molecule has 3 nitrogen and oxygen atoms in total. The van der Waals surface area contributed by atoms with Crippen LogP contribution in [0.2, 0.25) is 0 Å². The molecule has 0 saturated heterocycles. The number of aliphatic hydroxyl groups is 1. The Labute approximate surface area is 116 Å². The fourth-order valence-corrected chi connectivity index (χ4v) is 2.94. The quantitative estimate of drug-likeness (QED) is 0.648. The molecule has 0 spiro atoms. The van der Waals surface area contributed by atoms with Crippen molar-refractivity contribution in [2.24, 2.45) is 0 Å². The number of nitrogens with zero attached hydrogens (tertiary/aromatic N) is 1. The fourth-order valence-electron chi connectivity index (χ4n) is 2.94. The minimum absolute atomic E-state index is 0.422. The van der Waals surface area contributed by atoms with Gasteiger partial charge in [-0.1, -0.05) is 37.8 Å². The second-order valence-corrected chi connectivity index (χ2v) is 5.77. The summed E-state index contributed by atoms with van der Waals surface area (Å²) in [6, 6.07) is 8.17. The third-order valence-electron chi connectivity index (χ3n) is 4.23. The summed E-state index contributed by atoms with van der Waals surface area (Å²) < 4.78 is 0. The number of anilines is 1. The zero-order valence-electron chi connectivity index (χ0n) is 11.9.